The number of ketones is 1. The number of hydrogen-bond acceptors (Lipinski definition) is 1. The van der Waals surface area contributed by atoms with Crippen molar-refractivity contribution in [2.24, 2.45) is 0 Å². The van der Waals surface area contributed by atoms with Gasteiger partial charge < -0.3 is 4.79 Å². The highest BCUT2D eigenvalue weighted by molar-refractivity contribution is 5.75. The number of hydrogen-bond donors (Lipinski definition) is 0. The van der Waals surface area contributed by atoms with Crippen LogP contribution in [0.4, 0.5) is 0 Å². The van der Waals surface area contributed by atoms with Gasteiger partial charge in [-0.25, -0.2) is 0 Å². The Hall–Kier alpha value is -1.11. The molecule has 0 saturated heterocycles. The van der Waals surface area contributed by atoms with Crippen molar-refractivity contribution in [2.45, 2.75) is 41.0 Å². The second kappa shape index (κ2) is 5.58. The van der Waals surface area contributed by atoms with E-state index >= 15 is 0 Å². The van der Waals surface area contributed by atoms with Gasteiger partial charge in [-0.3, -0.25) is 0 Å². The molecule has 1 aromatic carbocycles. The van der Waals surface area contributed by atoms with Gasteiger partial charge in [0.25, 0.3) is 0 Å². The molecule has 1 rings (SSSR count). The fourth-order valence-corrected chi connectivity index (χ4v) is 1.28. The Balaban J connectivity index is 0. The molecule has 0 unspecified atom stereocenters. The Labute approximate surface area is 88.6 Å². The van der Waals surface area contributed by atoms with E-state index in [0.29, 0.717) is 6.42 Å². The normalized spacial score (nSPS) is 9.36. The van der Waals surface area contributed by atoms with E-state index in [1.807, 2.05) is 0 Å². The molecule has 0 aliphatic carbocycles. The van der Waals surface area contributed by atoms with Crippen LogP contribution in [0.5, 0.6) is 0 Å². The average Bonchev–Trinajstić information content (AvgIpc) is 2.07. The lowest BCUT2D eigenvalue weighted by molar-refractivity contribution is -0.116. The molecule has 0 spiro atoms. The van der Waals surface area contributed by atoms with Gasteiger partial charge in [-0.2, -0.15) is 0 Å². The average molecular weight is 194 g/mol. The number of carbonyl (C=O) groups excluding carboxylic acids is 1. The van der Waals surface area contributed by atoms with E-state index in [2.05, 4.69) is 32.0 Å². The molecule has 80 valence electrons. The van der Waals surface area contributed by atoms with E-state index < -0.39 is 0 Å². The topological polar surface area (TPSA) is 17.1 Å². The van der Waals surface area contributed by atoms with Gasteiger partial charge >= 0.3 is 0 Å². The molecule has 1 aromatic rings. The van der Waals surface area contributed by atoms with Crippen LogP contribution >= 0.6 is 0 Å². The van der Waals surface area contributed by atoms with E-state index in [0.717, 1.165) is 6.42 Å². The van der Waals surface area contributed by atoms with Crippen LogP contribution in [0.3, 0.4) is 0 Å². The minimum atomic E-state index is 0. The summed E-state index contributed by atoms with van der Waals surface area (Å²) in [6.07, 6.45) is 1.53. The van der Waals surface area contributed by atoms with Gasteiger partial charge in [0.05, 0.1) is 0 Å². The SMILES string of the molecule is C.CC(=O)CCc1ccc(C)c(C)c1.[HH]. The maximum absolute atomic E-state index is 10.8. The molecule has 14 heavy (non-hydrogen) atoms. The molecule has 0 aliphatic heterocycles. The summed E-state index contributed by atoms with van der Waals surface area (Å²) in [4.78, 5) is 10.8. The highest BCUT2D eigenvalue weighted by Crippen LogP contribution is 2.11. The first-order chi connectivity index (χ1) is 6.09. The van der Waals surface area contributed by atoms with Crippen LogP contribution in [-0.2, 0) is 11.2 Å². The van der Waals surface area contributed by atoms with Gasteiger partial charge in [-0.05, 0) is 43.9 Å². The third kappa shape index (κ3) is 3.73. The zero-order valence-electron chi connectivity index (χ0n) is 8.55. The first kappa shape index (κ1) is 12.9. The number of benzene rings is 1. The third-order valence-corrected chi connectivity index (χ3v) is 2.34. The number of Topliss-reactive ketones (excluding diaryl/α,β-unsaturated/α-hetero) is 1. The lowest BCUT2D eigenvalue weighted by Gasteiger charge is -2.03. The van der Waals surface area contributed by atoms with Crippen LogP contribution < -0.4 is 0 Å². The van der Waals surface area contributed by atoms with Gasteiger partial charge in [-0.1, -0.05) is 25.6 Å². The van der Waals surface area contributed by atoms with Crippen molar-refractivity contribution in [1.82, 2.24) is 0 Å². The van der Waals surface area contributed by atoms with Crippen molar-refractivity contribution in [1.29, 1.82) is 0 Å². The summed E-state index contributed by atoms with van der Waals surface area (Å²) >= 11 is 0. The summed E-state index contributed by atoms with van der Waals surface area (Å²) in [7, 11) is 0. The molecule has 0 fully saturated rings. The Morgan fingerprint density at radius 3 is 2.43 bits per heavy atom. The Bertz CT molecular complexity index is 318. The fraction of sp³-hybridized carbons (Fsp3) is 0.462. The minimum Gasteiger partial charge on any atom is -0.300 e. The van der Waals surface area contributed by atoms with Crippen molar-refractivity contribution in [3.63, 3.8) is 0 Å². The van der Waals surface area contributed by atoms with Crippen molar-refractivity contribution < 1.29 is 6.22 Å². The van der Waals surface area contributed by atoms with Crippen molar-refractivity contribution in [3.8, 4) is 0 Å². The van der Waals surface area contributed by atoms with Crippen LogP contribution in [-0.4, -0.2) is 5.78 Å². The van der Waals surface area contributed by atoms with Crippen LogP contribution in [0.25, 0.3) is 0 Å². The highest BCUT2D eigenvalue weighted by Gasteiger charge is 1.98. The fourth-order valence-electron chi connectivity index (χ4n) is 1.28. The summed E-state index contributed by atoms with van der Waals surface area (Å²) in [5, 5.41) is 0. The van der Waals surface area contributed by atoms with Crippen LogP contribution in [0.1, 0.15) is 38.9 Å². The molecule has 0 bridgehead atoms. The molecule has 0 atom stereocenters. The molecule has 0 amide bonds. The van der Waals surface area contributed by atoms with E-state index in [-0.39, 0.29) is 14.6 Å². The zero-order valence-corrected chi connectivity index (χ0v) is 8.55. The summed E-state index contributed by atoms with van der Waals surface area (Å²) in [5.41, 5.74) is 3.88. The monoisotopic (exact) mass is 194 g/mol. The quantitative estimate of drug-likeness (QED) is 0.717. The van der Waals surface area contributed by atoms with Crippen LogP contribution in [0.2, 0.25) is 0 Å². The number of rotatable bonds is 3. The summed E-state index contributed by atoms with van der Waals surface area (Å²) in [5.74, 6) is 0.262. The third-order valence-electron chi connectivity index (χ3n) is 2.34. The van der Waals surface area contributed by atoms with Crippen molar-refractivity contribution >= 4 is 5.78 Å². The second-order valence-electron chi connectivity index (χ2n) is 3.62. The van der Waals surface area contributed by atoms with Crippen molar-refractivity contribution in [3.05, 3.63) is 34.9 Å². The summed E-state index contributed by atoms with van der Waals surface area (Å²) in [6, 6.07) is 6.38. The maximum Gasteiger partial charge on any atom is 0.130 e. The van der Waals surface area contributed by atoms with Gasteiger partial charge in [-0.15, -0.1) is 0 Å². The molecular formula is C13H22O. The number of carbonyl (C=O) groups is 1. The lowest BCUT2D eigenvalue weighted by atomic mass is 10.0. The minimum absolute atomic E-state index is 0. The van der Waals surface area contributed by atoms with E-state index in [1.165, 1.54) is 16.7 Å². The Kier molecular flexibility index (Phi) is 5.14. The zero-order chi connectivity index (χ0) is 9.84. The smallest absolute Gasteiger partial charge is 0.130 e. The standard InChI is InChI=1S/C12H16O.CH4.H2/c1-9-4-6-12(8-10(9)2)7-5-11(3)13;;/h4,6,8H,5,7H2,1-3H3;1H4;1H. The van der Waals surface area contributed by atoms with E-state index in [1.54, 1.807) is 6.92 Å². The summed E-state index contributed by atoms with van der Waals surface area (Å²) in [6.45, 7) is 5.84. The first-order valence-electron chi connectivity index (χ1n) is 4.65. The second-order valence-corrected chi connectivity index (χ2v) is 3.62. The maximum atomic E-state index is 10.8. The largest absolute Gasteiger partial charge is 0.300 e. The molecule has 1 nitrogen and oxygen atoms in total. The van der Waals surface area contributed by atoms with E-state index in [9.17, 15) is 4.79 Å². The molecule has 0 saturated carbocycles. The number of aryl methyl sites for hydroxylation is 3. The molecule has 0 aromatic heterocycles. The van der Waals surface area contributed by atoms with E-state index in [4.69, 9.17) is 0 Å². The first-order valence-corrected chi connectivity index (χ1v) is 4.65. The predicted octanol–water partition coefficient (Wildman–Crippen LogP) is 3.71. The predicted molar refractivity (Wildman–Crippen MR) is 63.8 cm³/mol. The van der Waals surface area contributed by atoms with Crippen molar-refractivity contribution in [2.75, 3.05) is 0 Å². The van der Waals surface area contributed by atoms with Gasteiger partial charge in [0.2, 0.25) is 0 Å². The molecular weight excluding hydrogens is 172 g/mol. The van der Waals surface area contributed by atoms with Gasteiger partial charge in [0.1, 0.15) is 5.78 Å². The van der Waals surface area contributed by atoms with Crippen LogP contribution in [0, 0.1) is 13.8 Å². The van der Waals surface area contributed by atoms with Gasteiger partial charge in [0, 0.05) is 7.85 Å². The molecule has 0 radical (unpaired) electrons. The molecule has 0 N–H and O–H groups in total. The Morgan fingerprint density at radius 1 is 1.29 bits per heavy atom. The molecule has 1 heteroatoms. The molecule has 0 heterocycles. The Morgan fingerprint density at radius 2 is 1.93 bits per heavy atom. The molecule has 0 aliphatic rings. The van der Waals surface area contributed by atoms with Crippen LogP contribution in [0.15, 0.2) is 18.2 Å². The lowest BCUT2D eigenvalue weighted by Crippen LogP contribution is -1.94. The summed E-state index contributed by atoms with van der Waals surface area (Å²) < 4.78 is 0. The highest BCUT2D eigenvalue weighted by atomic mass is 16.1. The van der Waals surface area contributed by atoms with Gasteiger partial charge in [0.15, 0.2) is 0 Å².